The molecule has 1 saturated heterocycles. The van der Waals surface area contributed by atoms with Crippen molar-refractivity contribution in [2.24, 2.45) is 0 Å². The maximum atomic E-state index is 13.3. The van der Waals surface area contributed by atoms with Crippen LogP contribution in [-0.4, -0.2) is 38.4 Å². The molecular formula is C25H29N3O3S2. The summed E-state index contributed by atoms with van der Waals surface area (Å²) < 4.78 is 9.65. The van der Waals surface area contributed by atoms with Crippen LogP contribution in [0.15, 0.2) is 28.7 Å². The Morgan fingerprint density at radius 3 is 2.94 bits per heavy atom. The first-order valence-corrected chi connectivity index (χ1v) is 13.4. The summed E-state index contributed by atoms with van der Waals surface area (Å²) in [6.45, 7) is 9.86. The number of carbonyl (C=O) groups is 1. The molecule has 8 heteroatoms. The molecule has 0 spiro atoms. The number of aromatic nitrogens is 3. The number of aryl methyl sites for hydroxylation is 3. The van der Waals surface area contributed by atoms with Gasteiger partial charge < -0.3 is 9.30 Å². The fourth-order valence-corrected chi connectivity index (χ4v) is 7.22. The van der Waals surface area contributed by atoms with Gasteiger partial charge in [-0.1, -0.05) is 17.8 Å². The maximum absolute atomic E-state index is 13.3. The first-order valence-electron chi connectivity index (χ1n) is 11.6. The van der Waals surface area contributed by atoms with Crippen LogP contribution in [0.3, 0.4) is 0 Å². The van der Waals surface area contributed by atoms with Crippen LogP contribution in [0.4, 0.5) is 0 Å². The highest BCUT2D eigenvalue weighted by Crippen LogP contribution is 2.35. The summed E-state index contributed by atoms with van der Waals surface area (Å²) in [7, 11) is 0. The molecule has 1 unspecified atom stereocenters. The summed E-state index contributed by atoms with van der Waals surface area (Å²) >= 11 is 2.97. The van der Waals surface area contributed by atoms with Crippen LogP contribution in [0, 0.1) is 13.8 Å². The maximum Gasteiger partial charge on any atom is 0.263 e. The number of rotatable bonds is 8. The van der Waals surface area contributed by atoms with Crippen molar-refractivity contribution in [3.8, 4) is 0 Å². The fourth-order valence-electron chi connectivity index (χ4n) is 5.02. The van der Waals surface area contributed by atoms with Crippen LogP contribution in [0.2, 0.25) is 0 Å². The molecule has 1 atom stereocenters. The second-order valence-corrected chi connectivity index (χ2v) is 10.9. The minimum absolute atomic E-state index is 0.0102. The number of hydrogen-bond acceptors (Lipinski definition) is 6. The molecule has 5 rings (SSSR count). The van der Waals surface area contributed by atoms with Gasteiger partial charge in [0.25, 0.3) is 5.56 Å². The summed E-state index contributed by atoms with van der Waals surface area (Å²) in [6, 6.07) is 1.98. The smallest absolute Gasteiger partial charge is 0.263 e. The molecule has 4 heterocycles. The Morgan fingerprint density at radius 1 is 1.33 bits per heavy atom. The Balaban J connectivity index is 1.39. The average molecular weight is 484 g/mol. The molecule has 3 aromatic heterocycles. The van der Waals surface area contributed by atoms with Crippen LogP contribution in [0.5, 0.6) is 0 Å². The van der Waals surface area contributed by atoms with Crippen molar-refractivity contribution in [3.05, 3.63) is 56.5 Å². The normalized spacial score (nSPS) is 17.7. The van der Waals surface area contributed by atoms with Gasteiger partial charge in [-0.15, -0.1) is 17.9 Å². The van der Waals surface area contributed by atoms with Gasteiger partial charge in [0.2, 0.25) is 0 Å². The van der Waals surface area contributed by atoms with Gasteiger partial charge in [-0.05, 0) is 57.6 Å². The first-order chi connectivity index (χ1) is 16.0. The summed E-state index contributed by atoms with van der Waals surface area (Å²) in [5.74, 6) is 0.296. The van der Waals surface area contributed by atoms with Crippen molar-refractivity contribution in [1.82, 2.24) is 14.1 Å². The van der Waals surface area contributed by atoms with Crippen molar-refractivity contribution in [2.45, 2.75) is 70.3 Å². The van der Waals surface area contributed by atoms with Gasteiger partial charge in [0.15, 0.2) is 10.9 Å². The fraction of sp³-hybridized carbons (Fsp3) is 0.480. The number of hydrogen-bond donors (Lipinski definition) is 0. The minimum atomic E-state index is -0.0102. The minimum Gasteiger partial charge on any atom is -0.376 e. The molecule has 0 saturated carbocycles. The molecule has 174 valence electrons. The predicted octanol–water partition coefficient (Wildman–Crippen LogP) is 4.71. The number of allylic oxidation sites excluding steroid dienone is 1. The number of ether oxygens (including phenoxy) is 1. The first kappa shape index (κ1) is 22.6. The lowest BCUT2D eigenvalue weighted by Crippen LogP contribution is -2.23. The van der Waals surface area contributed by atoms with E-state index >= 15 is 0 Å². The number of thiophene rings is 1. The van der Waals surface area contributed by atoms with Crippen LogP contribution < -0.4 is 5.56 Å². The zero-order valence-electron chi connectivity index (χ0n) is 19.2. The number of fused-ring (bicyclic) bond motifs is 3. The molecule has 0 amide bonds. The number of Topliss-reactive ketones (excluding diaryl/α,β-unsaturated/α-hetero) is 1. The summed E-state index contributed by atoms with van der Waals surface area (Å²) in [5, 5.41) is 1.36. The number of thioether (sulfide) groups is 1. The van der Waals surface area contributed by atoms with E-state index in [1.165, 1.54) is 22.2 Å². The molecule has 1 fully saturated rings. The molecule has 2 aliphatic rings. The van der Waals surface area contributed by atoms with Gasteiger partial charge in [-0.2, -0.15) is 0 Å². The lowest BCUT2D eigenvalue weighted by molar-refractivity contribution is 0.0957. The van der Waals surface area contributed by atoms with Crippen LogP contribution in [0.1, 0.15) is 51.4 Å². The van der Waals surface area contributed by atoms with Crippen molar-refractivity contribution >= 4 is 39.1 Å². The van der Waals surface area contributed by atoms with Crippen molar-refractivity contribution in [3.63, 3.8) is 0 Å². The van der Waals surface area contributed by atoms with Crippen molar-refractivity contribution < 1.29 is 9.53 Å². The lowest BCUT2D eigenvalue weighted by Gasteiger charge is -2.15. The Labute approximate surface area is 201 Å². The zero-order valence-corrected chi connectivity index (χ0v) is 20.8. The molecule has 0 radical (unpaired) electrons. The molecule has 1 aliphatic heterocycles. The monoisotopic (exact) mass is 483 g/mol. The van der Waals surface area contributed by atoms with Crippen molar-refractivity contribution in [1.29, 1.82) is 0 Å². The second-order valence-electron chi connectivity index (χ2n) is 8.88. The largest absolute Gasteiger partial charge is 0.376 e. The zero-order chi connectivity index (χ0) is 23.1. The molecule has 0 N–H and O–H groups in total. The molecule has 6 nitrogen and oxygen atoms in total. The van der Waals surface area contributed by atoms with Gasteiger partial charge in [-0.3, -0.25) is 14.2 Å². The standard InChI is InChI=1S/C25H29N3O3S2/c1-4-10-27-24(30)22-18-8-5-9-21(18)33-23(22)26-25(27)32-14-20(29)19-12-15(2)28(16(19)3)13-17-7-6-11-31-17/h4,12,17H,1,5-11,13-14H2,2-3H3. The van der Waals surface area contributed by atoms with Crippen LogP contribution in [0.25, 0.3) is 10.2 Å². The number of carbonyl (C=O) groups excluding carboxylic acids is 1. The van der Waals surface area contributed by atoms with Gasteiger partial charge in [0, 0.05) is 41.5 Å². The summed E-state index contributed by atoms with van der Waals surface area (Å²) in [4.78, 5) is 33.4. The highest BCUT2D eigenvalue weighted by Gasteiger charge is 2.24. The molecule has 3 aromatic rings. The highest BCUT2D eigenvalue weighted by atomic mass is 32.2. The van der Waals surface area contributed by atoms with E-state index in [1.54, 1.807) is 22.0 Å². The Morgan fingerprint density at radius 2 is 2.18 bits per heavy atom. The van der Waals surface area contributed by atoms with Gasteiger partial charge in [0.1, 0.15) is 4.83 Å². The third-order valence-corrected chi connectivity index (χ3v) is 8.88. The van der Waals surface area contributed by atoms with Crippen molar-refractivity contribution in [2.75, 3.05) is 12.4 Å². The summed E-state index contributed by atoms with van der Waals surface area (Å²) in [5.41, 5.74) is 3.97. The molecule has 0 bridgehead atoms. The van der Waals surface area contributed by atoms with E-state index in [0.717, 1.165) is 72.4 Å². The Kier molecular flexibility index (Phi) is 6.33. The number of nitrogens with zero attached hydrogens (tertiary/aromatic N) is 3. The van der Waals surface area contributed by atoms with E-state index in [-0.39, 0.29) is 23.2 Å². The molecular weight excluding hydrogens is 454 g/mol. The van der Waals surface area contributed by atoms with E-state index in [9.17, 15) is 9.59 Å². The quantitative estimate of drug-likeness (QED) is 0.201. The predicted molar refractivity (Wildman–Crippen MR) is 134 cm³/mol. The highest BCUT2D eigenvalue weighted by molar-refractivity contribution is 7.99. The van der Waals surface area contributed by atoms with Gasteiger partial charge >= 0.3 is 0 Å². The van der Waals surface area contributed by atoms with E-state index < -0.39 is 0 Å². The molecule has 0 aromatic carbocycles. The summed E-state index contributed by atoms with van der Waals surface area (Å²) in [6.07, 6.45) is 7.19. The Hall–Kier alpha value is -2.16. The number of ketones is 1. The molecule has 1 aliphatic carbocycles. The molecule has 33 heavy (non-hydrogen) atoms. The third kappa shape index (κ3) is 4.13. The van der Waals surface area contributed by atoms with E-state index in [2.05, 4.69) is 11.1 Å². The van der Waals surface area contributed by atoms with E-state index in [4.69, 9.17) is 9.72 Å². The second kappa shape index (κ2) is 9.24. The topological polar surface area (TPSA) is 66.1 Å². The lowest BCUT2D eigenvalue weighted by atomic mass is 10.2. The average Bonchev–Trinajstić information content (AvgIpc) is 3.56. The Bertz CT molecular complexity index is 1290. The van der Waals surface area contributed by atoms with E-state index in [1.807, 2.05) is 19.9 Å². The van der Waals surface area contributed by atoms with Crippen LogP contribution >= 0.6 is 23.1 Å². The third-order valence-electron chi connectivity index (χ3n) is 6.72. The van der Waals surface area contributed by atoms with Gasteiger partial charge in [-0.25, -0.2) is 4.98 Å². The van der Waals surface area contributed by atoms with E-state index in [0.29, 0.717) is 11.7 Å². The van der Waals surface area contributed by atoms with Gasteiger partial charge in [0.05, 0.1) is 17.2 Å². The van der Waals surface area contributed by atoms with Crippen LogP contribution in [-0.2, 0) is 30.7 Å². The SMILES string of the molecule is C=CCn1c(SCC(=O)c2cc(C)n(CC3CCCO3)c2C)nc2sc3c(c2c1=O)CCC3.